The predicted molar refractivity (Wildman–Crippen MR) is 99.7 cm³/mol. The van der Waals surface area contributed by atoms with Crippen LogP contribution in [0.2, 0.25) is 0 Å². The van der Waals surface area contributed by atoms with Crippen LogP contribution < -0.4 is 5.73 Å². The first-order valence-corrected chi connectivity index (χ1v) is 10.1. The highest BCUT2D eigenvalue weighted by molar-refractivity contribution is 5.62. The molecular formula is C20H24F3N5. The quantitative estimate of drug-likeness (QED) is 0.848. The van der Waals surface area contributed by atoms with Crippen LogP contribution in [0.25, 0.3) is 11.3 Å². The Morgan fingerprint density at radius 2 is 1.79 bits per heavy atom. The zero-order chi connectivity index (χ0) is 19.5. The molecule has 0 amide bonds. The summed E-state index contributed by atoms with van der Waals surface area (Å²) in [6.45, 7) is 2.39. The van der Waals surface area contributed by atoms with Crippen LogP contribution in [0.15, 0.2) is 18.5 Å². The minimum Gasteiger partial charge on any atom is -0.383 e. The maximum atomic E-state index is 13.2. The van der Waals surface area contributed by atoms with E-state index in [-0.39, 0.29) is 0 Å². The third-order valence-corrected chi connectivity index (χ3v) is 6.36. The van der Waals surface area contributed by atoms with Crippen LogP contribution in [0.5, 0.6) is 0 Å². The third kappa shape index (κ3) is 3.17. The van der Waals surface area contributed by atoms with Crippen molar-refractivity contribution < 1.29 is 13.2 Å². The van der Waals surface area contributed by atoms with Crippen molar-refractivity contribution >= 4 is 5.82 Å². The Morgan fingerprint density at radius 3 is 2.43 bits per heavy atom. The lowest BCUT2D eigenvalue weighted by molar-refractivity contribution is -0.137. The average molecular weight is 391 g/mol. The molecule has 0 radical (unpaired) electrons. The van der Waals surface area contributed by atoms with Crippen LogP contribution in [0.1, 0.15) is 61.9 Å². The number of alkyl halides is 3. The monoisotopic (exact) mass is 391 g/mol. The molecular weight excluding hydrogens is 367 g/mol. The molecule has 0 unspecified atom stereocenters. The van der Waals surface area contributed by atoms with Crippen molar-refractivity contribution in [2.75, 3.05) is 18.8 Å². The SMILES string of the molecule is Nc1ncc(-c2cn(C3CC(N4CCCC4)C3)c(C3CC3)n2)cc1C(F)(F)F. The molecule has 2 aromatic heterocycles. The van der Waals surface area contributed by atoms with Gasteiger partial charge in [0.25, 0.3) is 0 Å². The van der Waals surface area contributed by atoms with Crippen LogP contribution in [0, 0.1) is 0 Å². The number of aromatic nitrogens is 3. The van der Waals surface area contributed by atoms with Gasteiger partial charge in [-0.05, 0) is 57.7 Å². The van der Waals surface area contributed by atoms with Gasteiger partial charge in [0, 0.05) is 36.0 Å². The van der Waals surface area contributed by atoms with Gasteiger partial charge in [-0.2, -0.15) is 13.2 Å². The Balaban J connectivity index is 1.42. The Morgan fingerprint density at radius 1 is 1.07 bits per heavy atom. The molecule has 150 valence electrons. The van der Waals surface area contributed by atoms with Crippen molar-refractivity contribution in [3.05, 3.63) is 29.8 Å². The number of rotatable bonds is 4. The Kier molecular flexibility index (Phi) is 4.15. The number of nitrogens with two attached hydrogens (primary N) is 1. The van der Waals surface area contributed by atoms with Crippen LogP contribution in [0.4, 0.5) is 19.0 Å². The van der Waals surface area contributed by atoms with Gasteiger partial charge < -0.3 is 15.2 Å². The maximum Gasteiger partial charge on any atom is 0.419 e. The van der Waals surface area contributed by atoms with E-state index in [1.165, 1.54) is 32.1 Å². The molecule has 3 heterocycles. The van der Waals surface area contributed by atoms with Crippen LogP contribution in [-0.2, 0) is 6.18 Å². The molecule has 2 saturated carbocycles. The van der Waals surface area contributed by atoms with Crippen molar-refractivity contribution in [3.63, 3.8) is 0 Å². The minimum atomic E-state index is -4.52. The van der Waals surface area contributed by atoms with E-state index in [2.05, 4.69) is 14.5 Å². The van der Waals surface area contributed by atoms with E-state index >= 15 is 0 Å². The van der Waals surface area contributed by atoms with Crippen LogP contribution in [0.3, 0.4) is 0 Å². The van der Waals surface area contributed by atoms with E-state index in [4.69, 9.17) is 10.7 Å². The fourth-order valence-electron chi connectivity index (χ4n) is 4.52. The van der Waals surface area contributed by atoms with Crippen molar-refractivity contribution in [2.24, 2.45) is 0 Å². The summed E-state index contributed by atoms with van der Waals surface area (Å²) in [5, 5.41) is 0. The van der Waals surface area contributed by atoms with E-state index in [1.807, 2.05) is 6.20 Å². The van der Waals surface area contributed by atoms with Crippen molar-refractivity contribution in [2.45, 2.75) is 62.7 Å². The second-order valence-electron chi connectivity index (χ2n) is 8.34. The summed E-state index contributed by atoms with van der Waals surface area (Å²) in [5.41, 5.74) is 5.47. The second kappa shape index (κ2) is 6.47. The zero-order valence-electron chi connectivity index (χ0n) is 15.6. The molecule has 2 aromatic rings. The molecule has 1 saturated heterocycles. The summed E-state index contributed by atoms with van der Waals surface area (Å²) in [4.78, 5) is 11.1. The van der Waals surface area contributed by atoms with Crippen molar-refractivity contribution in [3.8, 4) is 11.3 Å². The molecule has 8 heteroatoms. The summed E-state index contributed by atoms with van der Waals surface area (Å²) < 4.78 is 41.8. The van der Waals surface area contributed by atoms with Gasteiger partial charge in [0.1, 0.15) is 11.6 Å². The summed E-state index contributed by atoms with van der Waals surface area (Å²) in [6, 6.07) is 2.10. The number of imidazole rings is 1. The van der Waals surface area contributed by atoms with Crippen molar-refractivity contribution in [1.29, 1.82) is 0 Å². The third-order valence-electron chi connectivity index (χ3n) is 6.36. The van der Waals surface area contributed by atoms with Gasteiger partial charge in [0.2, 0.25) is 0 Å². The standard InChI is InChI=1S/C20H24F3N5/c21-20(22,23)16-7-13(10-25-18(16)24)17-11-28(19(26-17)12-3-4-12)15-8-14(9-15)27-5-1-2-6-27/h7,10-12,14-15H,1-6,8-9H2,(H2,24,25). The fraction of sp³-hybridized carbons (Fsp3) is 0.600. The van der Waals surface area contributed by atoms with Crippen molar-refractivity contribution in [1.82, 2.24) is 19.4 Å². The highest BCUT2D eigenvalue weighted by atomic mass is 19.4. The van der Waals surface area contributed by atoms with Gasteiger partial charge in [-0.3, -0.25) is 0 Å². The molecule has 3 aliphatic rings. The smallest absolute Gasteiger partial charge is 0.383 e. The highest BCUT2D eigenvalue weighted by Gasteiger charge is 2.39. The first-order valence-electron chi connectivity index (χ1n) is 10.1. The molecule has 2 aliphatic carbocycles. The second-order valence-corrected chi connectivity index (χ2v) is 8.34. The molecule has 28 heavy (non-hydrogen) atoms. The molecule has 3 fully saturated rings. The molecule has 5 rings (SSSR count). The minimum absolute atomic E-state index is 0.373. The highest BCUT2D eigenvalue weighted by Crippen LogP contribution is 2.45. The summed E-state index contributed by atoms with van der Waals surface area (Å²) in [6.07, 6.45) is 5.77. The zero-order valence-corrected chi connectivity index (χ0v) is 15.6. The lowest BCUT2D eigenvalue weighted by atomic mass is 9.85. The largest absolute Gasteiger partial charge is 0.419 e. The number of hydrogen-bond acceptors (Lipinski definition) is 4. The van der Waals surface area contributed by atoms with E-state index < -0.39 is 17.6 Å². The van der Waals surface area contributed by atoms with Gasteiger partial charge in [0.15, 0.2) is 0 Å². The Bertz CT molecular complexity index is 874. The van der Waals surface area contributed by atoms with Gasteiger partial charge in [-0.15, -0.1) is 0 Å². The molecule has 5 nitrogen and oxygen atoms in total. The van der Waals surface area contributed by atoms with Gasteiger partial charge in [-0.25, -0.2) is 9.97 Å². The summed E-state index contributed by atoms with van der Waals surface area (Å²) in [5.74, 6) is 0.958. The number of likely N-dealkylation sites (tertiary alicyclic amines) is 1. The summed E-state index contributed by atoms with van der Waals surface area (Å²) >= 11 is 0. The fourth-order valence-corrected chi connectivity index (χ4v) is 4.52. The van der Waals surface area contributed by atoms with Gasteiger partial charge in [0.05, 0.1) is 11.3 Å². The number of anilines is 1. The number of nitrogen functional groups attached to an aromatic ring is 1. The van der Waals surface area contributed by atoms with E-state index in [9.17, 15) is 13.2 Å². The number of halogens is 3. The molecule has 1 aliphatic heterocycles. The lowest BCUT2D eigenvalue weighted by Crippen LogP contribution is -2.44. The first kappa shape index (κ1) is 18.0. The van der Waals surface area contributed by atoms with Gasteiger partial charge >= 0.3 is 6.18 Å². The first-order chi connectivity index (χ1) is 13.4. The summed E-state index contributed by atoms with van der Waals surface area (Å²) in [7, 11) is 0. The van der Waals surface area contributed by atoms with E-state index in [0.717, 1.165) is 37.6 Å². The molecule has 0 spiro atoms. The topological polar surface area (TPSA) is 60.0 Å². The van der Waals surface area contributed by atoms with Crippen LogP contribution >= 0.6 is 0 Å². The number of pyridine rings is 1. The van der Waals surface area contributed by atoms with Crippen LogP contribution in [-0.4, -0.2) is 38.6 Å². The molecule has 0 aromatic carbocycles. The number of nitrogens with zero attached hydrogens (tertiary/aromatic N) is 4. The Hall–Kier alpha value is -2.09. The predicted octanol–water partition coefficient (Wildman–Crippen LogP) is 4.22. The molecule has 2 N–H and O–H groups in total. The Labute approximate surface area is 161 Å². The maximum absolute atomic E-state index is 13.2. The molecule has 0 atom stereocenters. The van der Waals surface area contributed by atoms with E-state index in [0.29, 0.717) is 29.3 Å². The normalized spacial score (nSPS) is 25.8. The molecule has 0 bridgehead atoms. The van der Waals surface area contributed by atoms with Gasteiger partial charge in [-0.1, -0.05) is 0 Å². The van der Waals surface area contributed by atoms with E-state index in [1.54, 1.807) is 0 Å². The number of hydrogen-bond donors (Lipinski definition) is 1. The average Bonchev–Trinajstić information content (AvgIpc) is 3.13. The lowest BCUT2D eigenvalue weighted by Gasteiger charge is -2.42.